The van der Waals surface area contributed by atoms with Crippen molar-refractivity contribution in [3.63, 3.8) is 0 Å². The molecule has 0 spiro atoms. The van der Waals surface area contributed by atoms with Crippen molar-refractivity contribution in [2.45, 2.75) is 20.3 Å². The molecule has 2 aromatic carbocycles. The SMILES string of the molecule is COc1cc(C[C@H]2COc3c(C)c(O)c(C)c(O)c3C2=O)cc(OC)c1O. The smallest absolute Gasteiger partial charge is 0.200 e. The van der Waals surface area contributed by atoms with Crippen LogP contribution in [0.2, 0.25) is 0 Å². The highest BCUT2D eigenvalue weighted by Crippen LogP contribution is 2.45. The van der Waals surface area contributed by atoms with E-state index in [1.807, 2.05) is 0 Å². The van der Waals surface area contributed by atoms with Crippen LogP contribution in [-0.2, 0) is 6.42 Å². The van der Waals surface area contributed by atoms with Gasteiger partial charge in [0.25, 0.3) is 0 Å². The number of ether oxygens (including phenoxy) is 3. The molecule has 0 radical (unpaired) electrons. The number of methoxy groups -OCH3 is 2. The van der Waals surface area contributed by atoms with E-state index in [-0.39, 0.29) is 58.0 Å². The normalized spacial score (nSPS) is 15.9. The molecule has 2 aromatic rings. The van der Waals surface area contributed by atoms with E-state index in [0.29, 0.717) is 12.0 Å². The lowest BCUT2D eigenvalue weighted by atomic mass is 9.86. The van der Waals surface area contributed by atoms with Gasteiger partial charge in [-0.2, -0.15) is 0 Å². The van der Waals surface area contributed by atoms with Gasteiger partial charge in [0.15, 0.2) is 17.3 Å². The number of ketones is 1. The predicted molar refractivity (Wildman–Crippen MR) is 97.5 cm³/mol. The fraction of sp³-hybridized carbons (Fsp3) is 0.350. The Balaban J connectivity index is 1.97. The molecule has 7 heteroatoms. The van der Waals surface area contributed by atoms with Gasteiger partial charge >= 0.3 is 0 Å². The van der Waals surface area contributed by atoms with Crippen LogP contribution in [0.4, 0.5) is 0 Å². The Morgan fingerprint density at radius 3 is 2.15 bits per heavy atom. The van der Waals surface area contributed by atoms with Gasteiger partial charge in [-0.3, -0.25) is 4.79 Å². The van der Waals surface area contributed by atoms with Gasteiger partial charge in [-0.1, -0.05) is 0 Å². The molecule has 3 N–H and O–H groups in total. The molecule has 144 valence electrons. The van der Waals surface area contributed by atoms with Crippen molar-refractivity contribution in [2.24, 2.45) is 5.92 Å². The van der Waals surface area contributed by atoms with Crippen molar-refractivity contribution in [1.82, 2.24) is 0 Å². The standard InChI is InChI=1S/C20H22O7/c1-9-16(21)10(2)20-15(17(9)22)18(23)12(8-27-20)5-11-6-13(25-3)19(24)14(7-11)26-4/h6-7,12,21-22,24H,5,8H2,1-4H3/t12-/m0/s1. The van der Waals surface area contributed by atoms with Crippen LogP contribution in [0.1, 0.15) is 27.0 Å². The Bertz CT molecular complexity index is 892. The van der Waals surface area contributed by atoms with Crippen LogP contribution >= 0.6 is 0 Å². The fourth-order valence-corrected chi connectivity index (χ4v) is 3.36. The third-order valence-corrected chi connectivity index (χ3v) is 4.94. The molecule has 1 aliphatic rings. The second kappa shape index (κ2) is 6.90. The van der Waals surface area contributed by atoms with E-state index in [1.54, 1.807) is 26.0 Å². The largest absolute Gasteiger partial charge is 0.507 e. The van der Waals surface area contributed by atoms with E-state index in [9.17, 15) is 20.1 Å². The highest BCUT2D eigenvalue weighted by Gasteiger charge is 2.35. The molecule has 0 saturated carbocycles. The molecule has 1 heterocycles. The first kappa shape index (κ1) is 18.7. The predicted octanol–water partition coefficient (Wildman–Crippen LogP) is 2.87. The third-order valence-electron chi connectivity index (χ3n) is 4.94. The maximum absolute atomic E-state index is 13.0. The number of phenols is 3. The summed E-state index contributed by atoms with van der Waals surface area (Å²) in [6, 6.07) is 3.27. The molecular formula is C20H22O7. The summed E-state index contributed by atoms with van der Waals surface area (Å²) in [5, 5.41) is 30.5. The van der Waals surface area contributed by atoms with Gasteiger partial charge < -0.3 is 29.5 Å². The van der Waals surface area contributed by atoms with E-state index in [2.05, 4.69) is 0 Å². The van der Waals surface area contributed by atoms with E-state index >= 15 is 0 Å². The lowest BCUT2D eigenvalue weighted by molar-refractivity contribution is 0.0824. The summed E-state index contributed by atoms with van der Waals surface area (Å²) in [6.07, 6.45) is 0.309. The summed E-state index contributed by atoms with van der Waals surface area (Å²) in [7, 11) is 2.86. The highest BCUT2D eigenvalue weighted by molar-refractivity contribution is 6.05. The van der Waals surface area contributed by atoms with E-state index in [0.717, 1.165) is 5.56 Å². The van der Waals surface area contributed by atoms with Crippen molar-refractivity contribution in [2.75, 3.05) is 20.8 Å². The second-order valence-corrected chi connectivity index (χ2v) is 6.58. The summed E-state index contributed by atoms with van der Waals surface area (Å²) >= 11 is 0. The Kier molecular flexibility index (Phi) is 4.78. The number of aromatic hydroxyl groups is 3. The van der Waals surface area contributed by atoms with Crippen molar-refractivity contribution in [3.05, 3.63) is 34.4 Å². The lowest BCUT2D eigenvalue weighted by Crippen LogP contribution is -2.30. The van der Waals surface area contributed by atoms with Gasteiger partial charge in [-0.05, 0) is 38.0 Å². The van der Waals surface area contributed by atoms with Gasteiger partial charge in [0, 0.05) is 11.1 Å². The molecule has 0 saturated heterocycles. The van der Waals surface area contributed by atoms with Crippen molar-refractivity contribution in [1.29, 1.82) is 0 Å². The van der Waals surface area contributed by atoms with Crippen LogP contribution in [0.3, 0.4) is 0 Å². The van der Waals surface area contributed by atoms with Crippen LogP contribution in [0.25, 0.3) is 0 Å². The number of benzene rings is 2. The van der Waals surface area contributed by atoms with E-state index < -0.39 is 5.92 Å². The number of Topliss-reactive ketones (excluding diaryl/α,β-unsaturated/α-hetero) is 1. The van der Waals surface area contributed by atoms with Crippen LogP contribution in [-0.4, -0.2) is 41.9 Å². The number of carbonyl (C=O) groups is 1. The van der Waals surface area contributed by atoms with Crippen LogP contribution in [0.5, 0.6) is 34.5 Å². The number of carbonyl (C=O) groups excluding carboxylic acids is 1. The minimum absolute atomic E-state index is 0.0782. The van der Waals surface area contributed by atoms with E-state index in [4.69, 9.17) is 14.2 Å². The molecule has 0 aromatic heterocycles. The summed E-state index contributed by atoms with van der Waals surface area (Å²) in [5.74, 6) is -0.537. The Morgan fingerprint density at radius 2 is 1.59 bits per heavy atom. The van der Waals surface area contributed by atoms with Crippen molar-refractivity contribution >= 4 is 5.78 Å². The molecular weight excluding hydrogens is 352 g/mol. The molecule has 0 aliphatic carbocycles. The van der Waals surface area contributed by atoms with Crippen LogP contribution in [0, 0.1) is 19.8 Å². The van der Waals surface area contributed by atoms with Gasteiger partial charge in [0.1, 0.15) is 22.8 Å². The fourth-order valence-electron chi connectivity index (χ4n) is 3.36. The molecule has 3 rings (SSSR count). The first-order valence-electron chi connectivity index (χ1n) is 8.46. The minimum Gasteiger partial charge on any atom is -0.507 e. The minimum atomic E-state index is -0.536. The van der Waals surface area contributed by atoms with Crippen molar-refractivity contribution < 1.29 is 34.3 Å². The topological polar surface area (TPSA) is 105 Å². The number of rotatable bonds is 4. The van der Waals surface area contributed by atoms with Gasteiger partial charge in [-0.15, -0.1) is 0 Å². The highest BCUT2D eigenvalue weighted by atomic mass is 16.5. The number of fused-ring (bicyclic) bond motifs is 1. The van der Waals surface area contributed by atoms with Crippen LogP contribution < -0.4 is 14.2 Å². The Morgan fingerprint density at radius 1 is 1.00 bits per heavy atom. The maximum atomic E-state index is 13.0. The molecule has 1 atom stereocenters. The molecule has 0 amide bonds. The number of phenolic OH excluding ortho intramolecular Hbond substituents is 3. The average Bonchev–Trinajstić information content (AvgIpc) is 2.67. The molecule has 0 bridgehead atoms. The Labute approximate surface area is 156 Å². The van der Waals surface area contributed by atoms with Crippen molar-refractivity contribution in [3.8, 4) is 34.5 Å². The maximum Gasteiger partial charge on any atom is 0.200 e. The molecule has 7 nitrogen and oxygen atoms in total. The van der Waals surface area contributed by atoms with Gasteiger partial charge in [0.2, 0.25) is 5.75 Å². The molecule has 0 fully saturated rings. The number of hydrogen-bond acceptors (Lipinski definition) is 7. The average molecular weight is 374 g/mol. The zero-order valence-electron chi connectivity index (χ0n) is 15.6. The molecule has 1 aliphatic heterocycles. The summed E-state index contributed by atoms with van der Waals surface area (Å²) < 4.78 is 16.0. The lowest BCUT2D eigenvalue weighted by Gasteiger charge is -2.27. The second-order valence-electron chi connectivity index (χ2n) is 6.58. The molecule has 27 heavy (non-hydrogen) atoms. The monoisotopic (exact) mass is 374 g/mol. The summed E-state index contributed by atoms with van der Waals surface area (Å²) in [5.41, 5.74) is 1.49. The first-order valence-corrected chi connectivity index (χ1v) is 8.46. The molecule has 0 unspecified atom stereocenters. The van der Waals surface area contributed by atoms with Gasteiger partial charge in [0.05, 0.1) is 26.7 Å². The summed E-state index contributed by atoms with van der Waals surface area (Å²) in [6.45, 7) is 3.30. The third kappa shape index (κ3) is 2.99. The zero-order valence-corrected chi connectivity index (χ0v) is 15.6. The Hall–Kier alpha value is -3.09. The summed E-state index contributed by atoms with van der Waals surface area (Å²) in [4.78, 5) is 13.0. The quantitative estimate of drug-likeness (QED) is 0.756. The zero-order chi connectivity index (χ0) is 19.9. The van der Waals surface area contributed by atoms with Crippen LogP contribution in [0.15, 0.2) is 12.1 Å². The van der Waals surface area contributed by atoms with E-state index in [1.165, 1.54) is 14.2 Å². The first-order chi connectivity index (χ1) is 12.8. The van der Waals surface area contributed by atoms with Gasteiger partial charge in [-0.25, -0.2) is 0 Å². The number of hydrogen-bond donors (Lipinski definition) is 3.